The summed E-state index contributed by atoms with van der Waals surface area (Å²) in [5.41, 5.74) is -0.275. The summed E-state index contributed by atoms with van der Waals surface area (Å²) >= 11 is 1.44. The molecule has 84 valence electrons. The van der Waals surface area contributed by atoms with Crippen molar-refractivity contribution in [2.45, 2.75) is 13.5 Å². The van der Waals surface area contributed by atoms with Crippen molar-refractivity contribution in [1.29, 1.82) is 0 Å². The molecule has 0 radical (unpaired) electrons. The van der Waals surface area contributed by atoms with E-state index in [1.165, 1.54) is 22.1 Å². The van der Waals surface area contributed by atoms with Gasteiger partial charge >= 0.3 is 5.69 Å². The maximum atomic E-state index is 11.3. The van der Waals surface area contributed by atoms with Crippen LogP contribution < -0.4 is 11.0 Å². The lowest BCUT2D eigenvalue weighted by Gasteiger charge is -1.98. The summed E-state index contributed by atoms with van der Waals surface area (Å²) in [4.78, 5) is 15.0. The standard InChI is InChI=1S/C9H11N5OS/c1-2-10-8-13-12-7(16-8)6-14-5-3-4-11-9(14)15/h3-5H,2,6H2,1H3,(H,10,13). The third kappa shape index (κ3) is 2.43. The highest BCUT2D eigenvalue weighted by Gasteiger charge is 2.04. The van der Waals surface area contributed by atoms with Gasteiger partial charge in [0.2, 0.25) is 5.13 Å². The van der Waals surface area contributed by atoms with E-state index in [0.29, 0.717) is 6.54 Å². The number of rotatable bonds is 4. The summed E-state index contributed by atoms with van der Waals surface area (Å²) in [7, 11) is 0. The molecule has 2 heterocycles. The summed E-state index contributed by atoms with van der Waals surface area (Å²) in [5, 5.41) is 12.6. The Morgan fingerprint density at radius 1 is 1.50 bits per heavy atom. The molecule has 1 N–H and O–H groups in total. The van der Waals surface area contributed by atoms with Crippen molar-refractivity contribution in [1.82, 2.24) is 19.7 Å². The van der Waals surface area contributed by atoms with Crippen molar-refractivity contribution in [3.8, 4) is 0 Å². The second-order valence-corrected chi connectivity index (χ2v) is 4.12. The Morgan fingerprint density at radius 3 is 3.12 bits per heavy atom. The molecule has 0 saturated heterocycles. The molecule has 0 fully saturated rings. The van der Waals surface area contributed by atoms with Crippen LogP contribution >= 0.6 is 11.3 Å². The lowest BCUT2D eigenvalue weighted by Crippen LogP contribution is -2.21. The molecular weight excluding hydrogens is 226 g/mol. The monoisotopic (exact) mass is 237 g/mol. The largest absolute Gasteiger partial charge is 0.360 e. The van der Waals surface area contributed by atoms with E-state index < -0.39 is 0 Å². The van der Waals surface area contributed by atoms with E-state index in [1.807, 2.05) is 6.92 Å². The Hall–Kier alpha value is -1.76. The van der Waals surface area contributed by atoms with Crippen LogP contribution in [0.5, 0.6) is 0 Å². The lowest BCUT2D eigenvalue weighted by atomic mass is 10.6. The van der Waals surface area contributed by atoms with Gasteiger partial charge in [0.25, 0.3) is 0 Å². The van der Waals surface area contributed by atoms with Crippen molar-refractivity contribution in [3.63, 3.8) is 0 Å². The Bertz CT molecular complexity index is 520. The van der Waals surface area contributed by atoms with Gasteiger partial charge in [-0.05, 0) is 13.0 Å². The topological polar surface area (TPSA) is 72.7 Å². The normalized spacial score (nSPS) is 10.3. The summed E-state index contributed by atoms with van der Waals surface area (Å²) in [6.45, 7) is 3.21. The third-order valence-electron chi connectivity index (χ3n) is 1.88. The Balaban J connectivity index is 2.15. The molecule has 0 spiro atoms. The van der Waals surface area contributed by atoms with Crippen molar-refractivity contribution in [3.05, 3.63) is 34.0 Å². The van der Waals surface area contributed by atoms with Gasteiger partial charge in [0.15, 0.2) is 0 Å². The van der Waals surface area contributed by atoms with Crippen LogP contribution in [-0.2, 0) is 6.54 Å². The van der Waals surface area contributed by atoms with Crippen molar-refractivity contribution in [2.24, 2.45) is 0 Å². The molecule has 0 amide bonds. The van der Waals surface area contributed by atoms with Crippen LogP contribution in [0.1, 0.15) is 11.9 Å². The minimum Gasteiger partial charge on any atom is -0.360 e. The van der Waals surface area contributed by atoms with E-state index in [9.17, 15) is 4.79 Å². The van der Waals surface area contributed by atoms with E-state index in [4.69, 9.17) is 0 Å². The van der Waals surface area contributed by atoms with Gasteiger partial charge in [-0.1, -0.05) is 11.3 Å². The fourth-order valence-electron chi connectivity index (χ4n) is 1.19. The first-order valence-corrected chi connectivity index (χ1v) is 5.69. The minimum atomic E-state index is -0.275. The number of anilines is 1. The van der Waals surface area contributed by atoms with Gasteiger partial charge in [-0.25, -0.2) is 9.78 Å². The van der Waals surface area contributed by atoms with Gasteiger partial charge in [0.1, 0.15) is 5.01 Å². The molecule has 0 aliphatic carbocycles. The van der Waals surface area contributed by atoms with Crippen LogP contribution in [0.25, 0.3) is 0 Å². The number of hydrogen-bond donors (Lipinski definition) is 1. The predicted octanol–water partition coefficient (Wildman–Crippen LogP) is 0.575. The molecule has 0 unspecified atom stereocenters. The van der Waals surface area contributed by atoms with Gasteiger partial charge in [0.05, 0.1) is 6.54 Å². The molecule has 0 aromatic carbocycles. The number of nitrogens with zero attached hydrogens (tertiary/aromatic N) is 4. The molecule has 0 aliphatic heterocycles. The fraction of sp³-hybridized carbons (Fsp3) is 0.333. The highest BCUT2D eigenvalue weighted by molar-refractivity contribution is 7.15. The number of hydrogen-bond acceptors (Lipinski definition) is 6. The van der Waals surface area contributed by atoms with Gasteiger partial charge in [-0.3, -0.25) is 4.57 Å². The van der Waals surface area contributed by atoms with E-state index in [-0.39, 0.29) is 5.69 Å². The predicted molar refractivity (Wildman–Crippen MR) is 61.7 cm³/mol. The molecule has 0 bridgehead atoms. The van der Waals surface area contributed by atoms with E-state index in [2.05, 4.69) is 20.5 Å². The summed E-state index contributed by atoms with van der Waals surface area (Å²) in [6, 6.07) is 1.72. The van der Waals surface area contributed by atoms with Gasteiger partial charge in [-0.15, -0.1) is 10.2 Å². The molecule has 0 aliphatic rings. The Labute approximate surface area is 96.0 Å². The van der Waals surface area contributed by atoms with Crippen LogP contribution in [0, 0.1) is 0 Å². The first-order valence-electron chi connectivity index (χ1n) is 4.87. The maximum Gasteiger partial charge on any atom is 0.347 e. The second kappa shape index (κ2) is 4.84. The Kier molecular flexibility index (Phi) is 3.25. The SMILES string of the molecule is CCNc1nnc(Cn2cccnc2=O)s1. The molecule has 0 saturated carbocycles. The molecular formula is C9H11N5OS. The fourth-order valence-corrected chi connectivity index (χ4v) is 2.00. The van der Waals surface area contributed by atoms with Crippen LogP contribution in [0.4, 0.5) is 5.13 Å². The van der Waals surface area contributed by atoms with Crippen LogP contribution in [-0.4, -0.2) is 26.3 Å². The number of aromatic nitrogens is 4. The molecule has 16 heavy (non-hydrogen) atoms. The zero-order valence-corrected chi connectivity index (χ0v) is 9.57. The van der Waals surface area contributed by atoms with E-state index >= 15 is 0 Å². The van der Waals surface area contributed by atoms with Crippen LogP contribution in [0.15, 0.2) is 23.3 Å². The molecule has 2 aromatic rings. The quantitative estimate of drug-likeness (QED) is 0.841. The summed E-state index contributed by atoms with van der Waals surface area (Å²) in [5.74, 6) is 0. The van der Waals surface area contributed by atoms with E-state index in [1.54, 1.807) is 12.3 Å². The van der Waals surface area contributed by atoms with Crippen LogP contribution in [0.3, 0.4) is 0 Å². The second-order valence-electron chi connectivity index (χ2n) is 3.06. The average molecular weight is 237 g/mol. The van der Waals surface area contributed by atoms with Crippen molar-refractivity contribution in [2.75, 3.05) is 11.9 Å². The van der Waals surface area contributed by atoms with Crippen molar-refractivity contribution >= 4 is 16.5 Å². The summed E-state index contributed by atoms with van der Waals surface area (Å²) in [6.07, 6.45) is 3.16. The lowest BCUT2D eigenvalue weighted by molar-refractivity contribution is 0.715. The highest BCUT2D eigenvalue weighted by atomic mass is 32.1. The number of nitrogens with one attached hydrogen (secondary N) is 1. The van der Waals surface area contributed by atoms with Crippen molar-refractivity contribution < 1.29 is 0 Å². The minimum absolute atomic E-state index is 0.275. The van der Waals surface area contributed by atoms with Crippen LogP contribution in [0.2, 0.25) is 0 Å². The first-order chi connectivity index (χ1) is 7.79. The van der Waals surface area contributed by atoms with Gasteiger partial charge in [-0.2, -0.15) is 0 Å². The van der Waals surface area contributed by atoms with Gasteiger partial charge in [0, 0.05) is 18.9 Å². The average Bonchev–Trinajstić information content (AvgIpc) is 2.70. The zero-order valence-electron chi connectivity index (χ0n) is 8.75. The highest BCUT2D eigenvalue weighted by Crippen LogP contribution is 2.14. The molecule has 2 rings (SSSR count). The zero-order chi connectivity index (χ0) is 11.4. The van der Waals surface area contributed by atoms with E-state index in [0.717, 1.165) is 16.7 Å². The maximum absolute atomic E-state index is 11.3. The van der Waals surface area contributed by atoms with Gasteiger partial charge < -0.3 is 5.32 Å². The first kappa shape index (κ1) is 10.7. The summed E-state index contributed by atoms with van der Waals surface area (Å²) < 4.78 is 1.50. The molecule has 7 heteroatoms. The molecule has 6 nitrogen and oxygen atoms in total. The molecule has 0 atom stereocenters. The third-order valence-corrected chi connectivity index (χ3v) is 2.75. The smallest absolute Gasteiger partial charge is 0.347 e. The Morgan fingerprint density at radius 2 is 2.38 bits per heavy atom. The molecule has 2 aromatic heterocycles.